The SMILES string of the molecule is CCCCC1=[C-]CC(CC)=C1.CCCCC1=[C-]CC(CC)=C1.C[Si](C)=[Zr+2].[Cl-].[Cl-]. The third-order valence-corrected chi connectivity index (χ3v) is 4.35. The van der Waals surface area contributed by atoms with Crippen LogP contribution < -0.4 is 24.8 Å². The van der Waals surface area contributed by atoms with Gasteiger partial charge in [0, 0.05) is 0 Å². The third kappa shape index (κ3) is 18.7. The molecule has 0 aromatic carbocycles. The van der Waals surface area contributed by atoms with Crippen molar-refractivity contribution in [3.05, 3.63) is 46.6 Å². The van der Waals surface area contributed by atoms with E-state index in [4.69, 9.17) is 0 Å². The Hall–Kier alpha value is 0.640. The molecule has 0 aliphatic heterocycles. The maximum Gasteiger partial charge on any atom is -1.00 e. The number of hydrogen-bond acceptors (Lipinski definition) is 0. The molecule has 0 amide bonds. The molecule has 0 aromatic heterocycles. The van der Waals surface area contributed by atoms with Crippen molar-refractivity contribution in [3.8, 4) is 0 Å². The molecule has 0 radical (unpaired) electrons. The van der Waals surface area contributed by atoms with Crippen molar-refractivity contribution in [3.63, 3.8) is 0 Å². The average Bonchev–Trinajstić information content (AvgIpc) is 3.27. The molecule has 2 aliphatic rings. The Kier molecular flexibility index (Phi) is 26.5. The Bertz CT molecular complexity index is 485. The summed E-state index contributed by atoms with van der Waals surface area (Å²) >= 11 is 1.74. The van der Waals surface area contributed by atoms with Gasteiger partial charge in [-0.3, -0.25) is 12.2 Å². The van der Waals surface area contributed by atoms with Gasteiger partial charge >= 0.3 is 41.9 Å². The standard InChI is InChI=1S/2C11H17.C2H6Si.2ClH.Zr/c2*1-3-5-6-11-8-7-10(4-2)9-11;1-3-2;;;/h2*9H,3-7H2,1-2H3;1-2H3;2*1H;/q2*-1;;;;+2/p-2. The van der Waals surface area contributed by atoms with Crippen LogP contribution in [-0.4, -0.2) is 5.43 Å². The fourth-order valence-corrected chi connectivity index (χ4v) is 2.66. The Morgan fingerprint density at radius 1 is 0.786 bits per heavy atom. The number of halogens is 2. The molecule has 0 spiro atoms. The van der Waals surface area contributed by atoms with Gasteiger partial charge in [0.05, 0.1) is 0 Å². The van der Waals surface area contributed by atoms with Crippen LogP contribution in [0, 0.1) is 12.2 Å². The van der Waals surface area contributed by atoms with Crippen LogP contribution in [0.3, 0.4) is 0 Å². The first-order valence-corrected chi connectivity index (χ1v) is 16.7. The van der Waals surface area contributed by atoms with Crippen LogP contribution >= 0.6 is 0 Å². The van der Waals surface area contributed by atoms with E-state index in [-0.39, 0.29) is 30.2 Å². The number of rotatable bonds is 8. The van der Waals surface area contributed by atoms with E-state index < -0.39 is 0 Å². The molecule has 2 rings (SSSR count). The Morgan fingerprint density at radius 2 is 1.11 bits per heavy atom. The van der Waals surface area contributed by atoms with Gasteiger partial charge in [-0.1, -0.05) is 79.1 Å². The fourth-order valence-electron chi connectivity index (χ4n) is 2.66. The van der Waals surface area contributed by atoms with Gasteiger partial charge in [0.25, 0.3) is 0 Å². The number of unbranched alkanes of at least 4 members (excludes halogenated alkanes) is 2. The van der Waals surface area contributed by atoms with Crippen LogP contribution in [0.15, 0.2) is 34.4 Å². The average molecular weight is 519 g/mol. The van der Waals surface area contributed by atoms with E-state index in [9.17, 15) is 0 Å². The van der Waals surface area contributed by atoms with Crippen molar-refractivity contribution in [2.75, 3.05) is 0 Å². The summed E-state index contributed by atoms with van der Waals surface area (Å²) in [6, 6.07) is 0. The van der Waals surface area contributed by atoms with Gasteiger partial charge in [0.2, 0.25) is 0 Å². The molecule has 0 unspecified atom stereocenters. The zero-order chi connectivity index (χ0) is 19.8. The molecule has 0 N–H and O–H groups in total. The molecule has 0 saturated carbocycles. The molecule has 0 nitrogen and oxygen atoms in total. The largest absolute Gasteiger partial charge is 1.00 e. The van der Waals surface area contributed by atoms with E-state index in [0.29, 0.717) is 0 Å². The maximum absolute atomic E-state index is 3.42. The number of allylic oxidation sites excluding steroid dienone is 8. The molecule has 0 bridgehead atoms. The van der Waals surface area contributed by atoms with Crippen LogP contribution in [0.2, 0.25) is 13.1 Å². The molecule has 160 valence electrons. The summed E-state index contributed by atoms with van der Waals surface area (Å²) in [7, 11) is 0. The van der Waals surface area contributed by atoms with Gasteiger partial charge in [-0.25, -0.2) is 23.3 Å². The molecule has 28 heavy (non-hydrogen) atoms. The van der Waals surface area contributed by atoms with Gasteiger partial charge in [-0.2, -0.15) is 11.1 Å². The first-order valence-electron chi connectivity index (χ1n) is 10.6. The van der Waals surface area contributed by atoms with E-state index in [2.05, 4.69) is 65.1 Å². The predicted molar refractivity (Wildman–Crippen MR) is 116 cm³/mol. The van der Waals surface area contributed by atoms with Crippen LogP contribution in [0.25, 0.3) is 0 Å². The van der Waals surface area contributed by atoms with Gasteiger partial charge < -0.3 is 24.8 Å². The molecule has 0 atom stereocenters. The Balaban J connectivity index is -0.000000355. The van der Waals surface area contributed by atoms with Crippen LogP contribution in [0.1, 0.15) is 91.9 Å². The van der Waals surface area contributed by atoms with Gasteiger partial charge in [0.1, 0.15) is 0 Å². The van der Waals surface area contributed by atoms with Gasteiger partial charge in [-0.15, -0.1) is 12.8 Å². The van der Waals surface area contributed by atoms with Gasteiger partial charge in [-0.05, 0) is 0 Å². The monoisotopic (exact) mass is 516 g/mol. The predicted octanol–water partition coefficient (Wildman–Crippen LogP) is 2.08. The van der Waals surface area contributed by atoms with E-state index in [0.717, 1.165) is 12.8 Å². The summed E-state index contributed by atoms with van der Waals surface area (Å²) in [6.07, 6.45) is 23.8. The Labute approximate surface area is 204 Å². The quantitative estimate of drug-likeness (QED) is 0.341. The second-order valence-corrected chi connectivity index (χ2v) is 16.7. The zero-order valence-electron chi connectivity index (χ0n) is 19.0. The van der Waals surface area contributed by atoms with Crippen molar-refractivity contribution in [2.45, 2.75) is 105 Å². The summed E-state index contributed by atoms with van der Waals surface area (Å²) in [5, 5.41) is 0. The molecule has 0 fully saturated rings. The first kappa shape index (κ1) is 33.3. The van der Waals surface area contributed by atoms with E-state index >= 15 is 0 Å². The normalized spacial score (nSPS) is 14.0. The summed E-state index contributed by atoms with van der Waals surface area (Å²) in [5.41, 5.74) is 6.21. The minimum Gasteiger partial charge on any atom is -1.00 e. The summed E-state index contributed by atoms with van der Waals surface area (Å²) in [5.74, 6) is 0. The van der Waals surface area contributed by atoms with Crippen LogP contribution in [-0.2, 0) is 23.3 Å². The van der Waals surface area contributed by atoms with Crippen LogP contribution in [0.5, 0.6) is 0 Å². The molecule has 4 heteroatoms. The molecular weight excluding hydrogens is 478 g/mol. The van der Waals surface area contributed by atoms with Crippen molar-refractivity contribution in [1.29, 1.82) is 0 Å². The molecule has 2 aliphatic carbocycles. The topological polar surface area (TPSA) is 0 Å². The third-order valence-electron chi connectivity index (χ3n) is 4.35. The van der Waals surface area contributed by atoms with Crippen molar-refractivity contribution < 1.29 is 48.1 Å². The fraction of sp³-hybridized carbons (Fsp3) is 0.667. The smallest absolute Gasteiger partial charge is 1.00 e. The van der Waals surface area contributed by atoms with Gasteiger partial charge in [0.15, 0.2) is 0 Å². The second kappa shape index (κ2) is 22.3. The first-order chi connectivity index (χ1) is 12.5. The summed E-state index contributed by atoms with van der Waals surface area (Å²) in [6.45, 7) is 13.5. The summed E-state index contributed by atoms with van der Waals surface area (Å²) < 4.78 is 0. The summed E-state index contributed by atoms with van der Waals surface area (Å²) in [4.78, 5) is 0. The van der Waals surface area contributed by atoms with Crippen LogP contribution in [0.4, 0.5) is 0 Å². The minimum atomic E-state index is 0. The maximum atomic E-state index is 3.42. The van der Waals surface area contributed by atoms with Crippen molar-refractivity contribution in [2.24, 2.45) is 0 Å². The number of hydrogen-bond donors (Lipinski definition) is 0. The zero-order valence-corrected chi connectivity index (χ0v) is 24.0. The van der Waals surface area contributed by atoms with E-state index in [1.807, 2.05) is 0 Å². The van der Waals surface area contributed by atoms with Crippen molar-refractivity contribution >= 4 is 5.43 Å². The molecule has 0 heterocycles. The molecule has 0 saturated heterocycles. The molecular formula is C24H40Cl2SiZr-2. The van der Waals surface area contributed by atoms with E-state index in [1.165, 1.54) is 62.5 Å². The van der Waals surface area contributed by atoms with E-state index in [1.54, 1.807) is 34.5 Å². The van der Waals surface area contributed by atoms with Crippen molar-refractivity contribution in [1.82, 2.24) is 0 Å². The second-order valence-electron chi connectivity index (χ2n) is 7.28. The molecule has 0 aromatic rings. The minimum absolute atomic E-state index is 0. The Morgan fingerprint density at radius 3 is 1.32 bits per heavy atom.